The molecular weight excluding hydrogens is 333 g/mol. The lowest BCUT2D eigenvalue weighted by Gasteiger charge is -2.24. The number of hydrogen-bond donors (Lipinski definition) is 2. The largest absolute Gasteiger partial charge is 0.357 e. The van der Waals surface area contributed by atoms with Gasteiger partial charge in [-0.25, -0.2) is 4.39 Å². The van der Waals surface area contributed by atoms with Gasteiger partial charge in [-0.1, -0.05) is 31.1 Å². The summed E-state index contributed by atoms with van der Waals surface area (Å²) >= 11 is 0. The molecule has 0 spiro atoms. The number of nitrogens with one attached hydrogen (secondary N) is 2. The lowest BCUT2D eigenvalue weighted by atomic mass is 9.85. The second kappa shape index (κ2) is 9.31. The lowest BCUT2D eigenvalue weighted by Crippen LogP contribution is -2.39. The van der Waals surface area contributed by atoms with Gasteiger partial charge in [0.25, 0.3) is 0 Å². The molecule has 26 heavy (non-hydrogen) atoms. The van der Waals surface area contributed by atoms with E-state index in [0.29, 0.717) is 18.3 Å². The molecule has 142 valence electrons. The summed E-state index contributed by atoms with van der Waals surface area (Å²) in [6, 6.07) is 6.70. The lowest BCUT2D eigenvalue weighted by molar-refractivity contribution is 0.372. The molecule has 2 aromatic rings. The highest BCUT2D eigenvalue weighted by molar-refractivity contribution is 5.79. The predicted octanol–water partition coefficient (Wildman–Crippen LogP) is 2.98. The number of guanidine groups is 1. The summed E-state index contributed by atoms with van der Waals surface area (Å²) in [4.78, 5) is 8.85. The molecular formula is C19H28FN5O. The first-order chi connectivity index (χ1) is 12.4. The Balaban J connectivity index is 1.88. The summed E-state index contributed by atoms with van der Waals surface area (Å²) in [5, 5.41) is 10.3. The Morgan fingerprint density at radius 1 is 1.31 bits per heavy atom. The van der Waals surface area contributed by atoms with E-state index < -0.39 is 0 Å². The number of aryl methyl sites for hydroxylation is 2. The smallest absolute Gasteiger partial charge is 0.226 e. The fourth-order valence-corrected chi connectivity index (χ4v) is 2.51. The molecule has 1 aromatic heterocycles. The minimum Gasteiger partial charge on any atom is -0.357 e. The van der Waals surface area contributed by atoms with E-state index in [1.165, 1.54) is 6.07 Å². The van der Waals surface area contributed by atoms with Gasteiger partial charge < -0.3 is 15.2 Å². The van der Waals surface area contributed by atoms with E-state index >= 15 is 0 Å². The average molecular weight is 361 g/mol. The second-order valence-electron chi connectivity index (χ2n) is 6.86. The van der Waals surface area contributed by atoms with E-state index in [9.17, 15) is 4.39 Å². The molecule has 0 saturated heterocycles. The van der Waals surface area contributed by atoms with Crippen LogP contribution in [-0.4, -0.2) is 35.7 Å². The highest BCUT2D eigenvalue weighted by atomic mass is 19.1. The molecule has 0 aliphatic heterocycles. The van der Waals surface area contributed by atoms with Crippen molar-refractivity contribution in [1.82, 2.24) is 20.8 Å². The molecule has 0 radical (unpaired) electrons. The van der Waals surface area contributed by atoms with E-state index in [-0.39, 0.29) is 11.2 Å². The number of hydrogen-bond acceptors (Lipinski definition) is 4. The third-order valence-electron chi connectivity index (χ3n) is 4.01. The Bertz CT molecular complexity index is 726. The van der Waals surface area contributed by atoms with Gasteiger partial charge in [0.2, 0.25) is 5.89 Å². The summed E-state index contributed by atoms with van der Waals surface area (Å²) in [6.45, 7) is 10.0. The normalized spacial score (nSPS) is 12.3. The summed E-state index contributed by atoms with van der Waals surface area (Å²) in [6.07, 6.45) is 1.58. The van der Waals surface area contributed by atoms with Crippen molar-refractivity contribution in [2.75, 3.05) is 19.6 Å². The molecule has 0 bridgehead atoms. The monoisotopic (exact) mass is 361 g/mol. The van der Waals surface area contributed by atoms with Crippen molar-refractivity contribution in [2.24, 2.45) is 4.99 Å². The van der Waals surface area contributed by atoms with Crippen LogP contribution in [-0.2, 0) is 11.8 Å². The third-order valence-corrected chi connectivity index (χ3v) is 4.01. The maximum absolute atomic E-state index is 13.5. The van der Waals surface area contributed by atoms with Crippen LogP contribution >= 0.6 is 0 Å². The van der Waals surface area contributed by atoms with Crippen molar-refractivity contribution in [2.45, 2.75) is 46.0 Å². The van der Waals surface area contributed by atoms with Crippen LogP contribution in [0.25, 0.3) is 0 Å². The highest BCUT2D eigenvalue weighted by Crippen LogP contribution is 2.24. The van der Waals surface area contributed by atoms with Crippen molar-refractivity contribution in [3.05, 3.63) is 47.4 Å². The van der Waals surface area contributed by atoms with Crippen LogP contribution in [0.15, 0.2) is 33.8 Å². The van der Waals surface area contributed by atoms with Gasteiger partial charge in [-0.05, 0) is 38.0 Å². The first-order valence-electron chi connectivity index (χ1n) is 8.98. The van der Waals surface area contributed by atoms with Gasteiger partial charge in [-0.3, -0.25) is 4.99 Å². The Labute approximate surface area is 154 Å². The minimum absolute atomic E-state index is 0.221. The van der Waals surface area contributed by atoms with Crippen molar-refractivity contribution < 1.29 is 8.91 Å². The van der Waals surface area contributed by atoms with Crippen molar-refractivity contribution in [3.63, 3.8) is 0 Å². The quantitative estimate of drug-likeness (QED) is 0.429. The second-order valence-corrected chi connectivity index (χ2v) is 6.86. The number of rotatable bonds is 8. The third kappa shape index (κ3) is 6.13. The Hall–Kier alpha value is -2.44. The first-order valence-corrected chi connectivity index (χ1v) is 8.98. The Kier molecular flexibility index (Phi) is 7.12. The van der Waals surface area contributed by atoms with Gasteiger partial charge >= 0.3 is 0 Å². The van der Waals surface area contributed by atoms with Gasteiger partial charge in [0.05, 0.1) is 6.54 Å². The number of benzene rings is 1. The number of aromatic nitrogens is 2. The average Bonchev–Trinajstić information content (AvgIpc) is 3.02. The van der Waals surface area contributed by atoms with Crippen LogP contribution in [0, 0.1) is 12.7 Å². The highest BCUT2D eigenvalue weighted by Gasteiger charge is 2.21. The molecule has 6 nitrogen and oxygen atoms in total. The molecule has 1 heterocycles. The first kappa shape index (κ1) is 19.9. The van der Waals surface area contributed by atoms with E-state index in [0.717, 1.165) is 37.5 Å². The van der Waals surface area contributed by atoms with E-state index in [1.54, 1.807) is 12.1 Å². The standard InChI is InChI=1S/C19H28FN5O/c1-5-21-18(22-11-7-10-17-24-14(2)25-26-17)23-13-19(3,4)15-8-6-9-16(20)12-15/h6,8-9,12H,5,7,10-11,13H2,1-4H3,(H2,21,22,23). The molecule has 0 unspecified atom stereocenters. The summed E-state index contributed by atoms with van der Waals surface area (Å²) in [7, 11) is 0. The zero-order valence-corrected chi connectivity index (χ0v) is 16.0. The molecule has 0 aliphatic carbocycles. The predicted molar refractivity (Wildman–Crippen MR) is 101 cm³/mol. The number of nitrogens with zero attached hydrogens (tertiary/aromatic N) is 3. The van der Waals surface area contributed by atoms with Crippen LogP contribution in [0.2, 0.25) is 0 Å². The van der Waals surface area contributed by atoms with Gasteiger partial charge in [0.15, 0.2) is 11.8 Å². The van der Waals surface area contributed by atoms with Crippen LogP contribution in [0.1, 0.15) is 44.5 Å². The molecule has 7 heteroatoms. The molecule has 0 aliphatic rings. The molecule has 0 fully saturated rings. The van der Waals surface area contributed by atoms with Crippen molar-refractivity contribution in [1.29, 1.82) is 0 Å². The molecule has 2 rings (SSSR count). The maximum atomic E-state index is 13.5. The van der Waals surface area contributed by atoms with Crippen molar-refractivity contribution in [3.8, 4) is 0 Å². The Morgan fingerprint density at radius 3 is 2.77 bits per heavy atom. The van der Waals surface area contributed by atoms with Gasteiger partial charge in [0.1, 0.15) is 5.82 Å². The van der Waals surface area contributed by atoms with Gasteiger partial charge in [-0.15, -0.1) is 0 Å². The van der Waals surface area contributed by atoms with Gasteiger partial charge in [-0.2, -0.15) is 4.98 Å². The zero-order valence-electron chi connectivity index (χ0n) is 16.0. The van der Waals surface area contributed by atoms with Gasteiger partial charge in [0, 0.05) is 24.9 Å². The maximum Gasteiger partial charge on any atom is 0.226 e. The minimum atomic E-state index is -0.258. The van der Waals surface area contributed by atoms with Crippen molar-refractivity contribution >= 4 is 5.96 Å². The molecule has 2 N–H and O–H groups in total. The molecule has 0 atom stereocenters. The van der Waals surface area contributed by atoms with Crippen LogP contribution in [0.3, 0.4) is 0 Å². The molecule has 1 aromatic carbocycles. The fourth-order valence-electron chi connectivity index (χ4n) is 2.51. The number of aliphatic imine (C=N–C) groups is 1. The van der Waals surface area contributed by atoms with E-state index in [4.69, 9.17) is 4.52 Å². The number of halogens is 1. The van der Waals surface area contributed by atoms with Crippen LogP contribution < -0.4 is 10.6 Å². The summed E-state index contributed by atoms with van der Waals surface area (Å²) in [5.74, 6) is 1.83. The van der Waals surface area contributed by atoms with Crippen LogP contribution in [0.5, 0.6) is 0 Å². The zero-order chi connectivity index (χ0) is 19.0. The SMILES string of the molecule is CCNC(=NCC(C)(C)c1cccc(F)c1)NCCCc1nc(C)no1. The molecule has 0 saturated carbocycles. The summed E-state index contributed by atoms with van der Waals surface area (Å²) < 4.78 is 18.6. The summed E-state index contributed by atoms with van der Waals surface area (Å²) in [5.41, 5.74) is 0.676. The molecule has 0 amide bonds. The Morgan fingerprint density at radius 2 is 2.12 bits per heavy atom. The van der Waals surface area contributed by atoms with Crippen LogP contribution in [0.4, 0.5) is 4.39 Å². The van der Waals surface area contributed by atoms with E-state index in [2.05, 4.69) is 39.6 Å². The topological polar surface area (TPSA) is 75.3 Å². The van der Waals surface area contributed by atoms with E-state index in [1.807, 2.05) is 19.9 Å². The fraction of sp³-hybridized carbons (Fsp3) is 0.526.